The first-order valence-electron chi connectivity index (χ1n) is 6.77. The lowest BCUT2D eigenvalue weighted by Gasteiger charge is -2.07. The van der Waals surface area contributed by atoms with Gasteiger partial charge in [-0.15, -0.1) is 0 Å². The Bertz CT molecular complexity index is 708. The molecule has 0 unspecified atom stereocenters. The molecule has 0 aliphatic rings. The second kappa shape index (κ2) is 8.36. The number of phenols is 1. The van der Waals surface area contributed by atoms with Crippen LogP contribution in [0.15, 0.2) is 47.6 Å². The van der Waals surface area contributed by atoms with Crippen LogP contribution in [0.5, 0.6) is 11.5 Å². The van der Waals surface area contributed by atoms with Crippen LogP contribution in [-0.4, -0.2) is 23.5 Å². The van der Waals surface area contributed by atoms with Crippen molar-refractivity contribution in [2.45, 2.75) is 6.54 Å². The van der Waals surface area contributed by atoms with Crippen molar-refractivity contribution in [3.8, 4) is 11.5 Å². The number of nitrogens with zero attached hydrogens (tertiary/aromatic N) is 1. The maximum Gasteiger partial charge on any atom is 0.187 e. The van der Waals surface area contributed by atoms with E-state index < -0.39 is 0 Å². The first kappa shape index (κ1) is 17.1. The van der Waals surface area contributed by atoms with Crippen molar-refractivity contribution in [3.63, 3.8) is 0 Å². The number of thiocarbonyl (C=S) groups is 1. The number of ether oxygens (including phenoxy) is 1. The van der Waals surface area contributed by atoms with Crippen molar-refractivity contribution in [1.82, 2.24) is 10.7 Å². The Hall–Kier alpha value is -2.31. The van der Waals surface area contributed by atoms with E-state index >= 15 is 0 Å². The molecule has 2 aromatic carbocycles. The molecule has 7 heteroatoms. The van der Waals surface area contributed by atoms with E-state index in [0.29, 0.717) is 17.2 Å². The number of methoxy groups -OCH3 is 1. The van der Waals surface area contributed by atoms with Crippen LogP contribution in [-0.2, 0) is 6.54 Å². The number of hydrogen-bond donors (Lipinski definition) is 3. The van der Waals surface area contributed by atoms with E-state index in [1.165, 1.54) is 13.3 Å². The molecule has 0 bridgehead atoms. The summed E-state index contributed by atoms with van der Waals surface area (Å²) in [6.45, 7) is 0.612. The van der Waals surface area contributed by atoms with E-state index in [1.54, 1.807) is 12.1 Å². The normalized spacial score (nSPS) is 10.5. The van der Waals surface area contributed by atoms with Gasteiger partial charge in [0.25, 0.3) is 0 Å². The number of hydrazone groups is 1. The summed E-state index contributed by atoms with van der Waals surface area (Å²) >= 11 is 11.0. The third kappa shape index (κ3) is 5.12. The van der Waals surface area contributed by atoms with Crippen molar-refractivity contribution in [1.29, 1.82) is 0 Å². The molecular weight excluding hydrogens is 334 g/mol. The van der Waals surface area contributed by atoms with Crippen molar-refractivity contribution in [2.24, 2.45) is 5.10 Å². The summed E-state index contributed by atoms with van der Waals surface area (Å²) in [6, 6.07) is 13.1. The van der Waals surface area contributed by atoms with Crippen molar-refractivity contribution < 1.29 is 9.84 Å². The molecule has 2 aromatic rings. The third-order valence-electron chi connectivity index (χ3n) is 2.95. The maximum absolute atomic E-state index is 9.67. The Labute approximate surface area is 144 Å². The van der Waals surface area contributed by atoms with E-state index in [2.05, 4.69) is 15.8 Å². The number of rotatable bonds is 5. The van der Waals surface area contributed by atoms with Gasteiger partial charge < -0.3 is 15.2 Å². The second-order valence-corrected chi connectivity index (χ2v) is 5.41. The van der Waals surface area contributed by atoms with E-state index in [9.17, 15) is 5.11 Å². The second-order valence-electron chi connectivity index (χ2n) is 4.59. The third-order valence-corrected chi connectivity index (χ3v) is 3.47. The zero-order valence-electron chi connectivity index (χ0n) is 12.4. The minimum Gasteiger partial charge on any atom is -0.503 e. The van der Waals surface area contributed by atoms with Crippen molar-refractivity contribution in [2.75, 3.05) is 7.11 Å². The summed E-state index contributed by atoms with van der Waals surface area (Å²) in [5.74, 6) is 0.183. The Morgan fingerprint density at radius 1 is 1.35 bits per heavy atom. The average molecular weight is 350 g/mol. The molecule has 0 aromatic heterocycles. The number of hydrogen-bond acceptors (Lipinski definition) is 4. The first-order valence-corrected chi connectivity index (χ1v) is 7.56. The highest BCUT2D eigenvalue weighted by Gasteiger charge is 2.07. The van der Waals surface area contributed by atoms with Gasteiger partial charge in [0.15, 0.2) is 16.6 Å². The van der Waals surface area contributed by atoms with E-state index in [4.69, 9.17) is 28.6 Å². The Morgan fingerprint density at radius 3 is 2.78 bits per heavy atom. The quantitative estimate of drug-likeness (QED) is 0.440. The lowest BCUT2D eigenvalue weighted by Crippen LogP contribution is -2.31. The SMILES string of the molecule is COc1cc(/C=N/NC(=S)NCc2ccccc2)cc(Cl)c1O. The molecule has 0 atom stereocenters. The van der Waals surface area contributed by atoms with Gasteiger partial charge in [-0.25, -0.2) is 0 Å². The monoisotopic (exact) mass is 349 g/mol. The first-order chi connectivity index (χ1) is 11.1. The highest BCUT2D eigenvalue weighted by molar-refractivity contribution is 7.80. The molecule has 0 heterocycles. The predicted molar refractivity (Wildman–Crippen MR) is 96.3 cm³/mol. The standard InChI is InChI=1S/C16H16ClN3O2S/c1-22-14-8-12(7-13(17)15(14)21)10-19-20-16(23)18-9-11-5-3-2-4-6-11/h2-8,10,21H,9H2,1H3,(H2,18,20,23)/b19-10+. The van der Waals surface area contributed by atoms with Gasteiger partial charge in [0.2, 0.25) is 0 Å². The lowest BCUT2D eigenvalue weighted by molar-refractivity contribution is 0.373. The van der Waals surface area contributed by atoms with Gasteiger partial charge in [-0.3, -0.25) is 5.43 Å². The van der Waals surface area contributed by atoms with E-state index in [1.807, 2.05) is 30.3 Å². The summed E-state index contributed by atoms with van der Waals surface area (Å²) < 4.78 is 5.03. The zero-order valence-corrected chi connectivity index (χ0v) is 14.0. The Balaban J connectivity index is 1.89. The fourth-order valence-electron chi connectivity index (χ4n) is 1.81. The lowest BCUT2D eigenvalue weighted by atomic mass is 10.2. The molecule has 2 rings (SSSR count). The molecule has 0 aliphatic carbocycles. The predicted octanol–water partition coefficient (Wildman–Crippen LogP) is 3.05. The van der Waals surface area contributed by atoms with E-state index in [-0.39, 0.29) is 16.5 Å². The minimum absolute atomic E-state index is 0.0978. The van der Waals surface area contributed by atoms with Crippen LogP contribution < -0.4 is 15.5 Å². The average Bonchev–Trinajstić information content (AvgIpc) is 2.57. The minimum atomic E-state index is -0.0978. The van der Waals surface area contributed by atoms with Gasteiger partial charge in [-0.1, -0.05) is 41.9 Å². The molecule has 0 amide bonds. The summed E-state index contributed by atoms with van der Waals surface area (Å²) in [4.78, 5) is 0. The molecule has 0 spiro atoms. The summed E-state index contributed by atoms with van der Waals surface area (Å²) in [7, 11) is 1.45. The van der Waals surface area contributed by atoms with Crippen LogP contribution in [0.1, 0.15) is 11.1 Å². The molecule has 120 valence electrons. The number of benzene rings is 2. The highest BCUT2D eigenvalue weighted by Crippen LogP contribution is 2.34. The molecule has 0 fully saturated rings. The maximum atomic E-state index is 9.67. The van der Waals surface area contributed by atoms with Crippen LogP contribution in [0, 0.1) is 0 Å². The molecule has 3 N–H and O–H groups in total. The van der Waals surface area contributed by atoms with Crippen LogP contribution >= 0.6 is 23.8 Å². The van der Waals surface area contributed by atoms with Crippen molar-refractivity contribution in [3.05, 3.63) is 58.6 Å². The number of phenolic OH excluding ortho intramolecular Hbond substituents is 1. The Kier molecular flexibility index (Phi) is 6.19. The van der Waals surface area contributed by atoms with Crippen molar-refractivity contribution >= 4 is 35.1 Å². The molecule has 0 radical (unpaired) electrons. The highest BCUT2D eigenvalue weighted by atomic mass is 35.5. The van der Waals surface area contributed by atoms with Gasteiger partial charge in [0.1, 0.15) is 0 Å². The van der Waals surface area contributed by atoms with Gasteiger partial charge >= 0.3 is 0 Å². The topological polar surface area (TPSA) is 65.9 Å². The molecule has 0 saturated carbocycles. The molecule has 0 saturated heterocycles. The summed E-state index contributed by atoms with van der Waals surface area (Å²) in [6.07, 6.45) is 1.53. The summed E-state index contributed by atoms with van der Waals surface area (Å²) in [5, 5.41) is 17.3. The Morgan fingerprint density at radius 2 is 2.09 bits per heavy atom. The molecule has 0 aliphatic heterocycles. The fourth-order valence-corrected chi connectivity index (χ4v) is 2.15. The van der Waals surface area contributed by atoms with Gasteiger partial charge in [0.05, 0.1) is 18.3 Å². The van der Waals surface area contributed by atoms with Crippen LogP contribution in [0.25, 0.3) is 0 Å². The van der Waals surface area contributed by atoms with Gasteiger partial charge in [-0.05, 0) is 35.5 Å². The number of halogens is 1. The molecular formula is C16H16ClN3O2S. The van der Waals surface area contributed by atoms with Crippen LogP contribution in [0.4, 0.5) is 0 Å². The fraction of sp³-hybridized carbons (Fsp3) is 0.125. The zero-order chi connectivity index (χ0) is 16.7. The number of nitrogens with one attached hydrogen (secondary N) is 2. The molecule has 23 heavy (non-hydrogen) atoms. The van der Waals surface area contributed by atoms with E-state index in [0.717, 1.165) is 5.56 Å². The van der Waals surface area contributed by atoms with Crippen LogP contribution in [0.3, 0.4) is 0 Å². The van der Waals surface area contributed by atoms with Gasteiger partial charge in [0, 0.05) is 6.54 Å². The molecule has 5 nitrogen and oxygen atoms in total. The van der Waals surface area contributed by atoms with Crippen LogP contribution in [0.2, 0.25) is 5.02 Å². The summed E-state index contributed by atoms with van der Waals surface area (Å²) in [5.41, 5.74) is 4.51. The largest absolute Gasteiger partial charge is 0.503 e. The number of aromatic hydroxyl groups is 1. The van der Waals surface area contributed by atoms with Gasteiger partial charge in [-0.2, -0.15) is 5.10 Å². The smallest absolute Gasteiger partial charge is 0.187 e.